The first kappa shape index (κ1) is 22.4. The van der Waals surface area contributed by atoms with Gasteiger partial charge >= 0.3 is 12.1 Å². The van der Waals surface area contributed by atoms with Crippen molar-refractivity contribution < 1.29 is 24.2 Å². The van der Waals surface area contributed by atoms with Crippen LogP contribution in [0.5, 0.6) is 0 Å². The molecule has 170 valence electrons. The van der Waals surface area contributed by atoms with Gasteiger partial charge in [0.05, 0.1) is 6.54 Å². The molecule has 0 spiro atoms. The molecule has 1 unspecified atom stereocenters. The normalized spacial score (nSPS) is 16.4. The predicted octanol–water partition coefficient (Wildman–Crippen LogP) is 3.38. The van der Waals surface area contributed by atoms with Crippen LogP contribution in [-0.2, 0) is 14.3 Å². The Morgan fingerprint density at radius 3 is 2.39 bits per heavy atom. The van der Waals surface area contributed by atoms with Gasteiger partial charge in [-0.05, 0) is 47.4 Å². The summed E-state index contributed by atoms with van der Waals surface area (Å²) in [5.41, 5.74) is 4.60. The third-order valence-electron chi connectivity index (χ3n) is 6.19. The molecule has 2 amide bonds. The largest absolute Gasteiger partial charge is 0.481 e. The second-order valence-corrected chi connectivity index (χ2v) is 8.21. The highest BCUT2D eigenvalue weighted by Gasteiger charge is 2.29. The first-order valence-corrected chi connectivity index (χ1v) is 11.1. The van der Waals surface area contributed by atoms with Crippen LogP contribution < -0.4 is 5.32 Å². The summed E-state index contributed by atoms with van der Waals surface area (Å²) in [7, 11) is 0. The number of carbonyl (C=O) groups is 3. The molecule has 1 saturated heterocycles. The molecule has 0 aromatic heterocycles. The molecule has 1 heterocycles. The van der Waals surface area contributed by atoms with Gasteiger partial charge in [0, 0.05) is 24.9 Å². The molecule has 0 saturated carbocycles. The van der Waals surface area contributed by atoms with E-state index in [4.69, 9.17) is 9.84 Å². The number of rotatable bonds is 6. The highest BCUT2D eigenvalue weighted by Crippen LogP contribution is 2.44. The number of amides is 2. The molecule has 4 rings (SSSR count). The number of nitrogens with zero attached hydrogens (tertiary/aromatic N) is 1. The van der Waals surface area contributed by atoms with Gasteiger partial charge in [-0.2, -0.15) is 0 Å². The van der Waals surface area contributed by atoms with Gasteiger partial charge < -0.3 is 20.1 Å². The minimum Gasteiger partial charge on any atom is -0.481 e. The topological polar surface area (TPSA) is 95.9 Å². The zero-order chi connectivity index (χ0) is 23.2. The van der Waals surface area contributed by atoms with E-state index in [-0.39, 0.29) is 37.4 Å². The molecule has 1 aliphatic heterocycles. The smallest absolute Gasteiger partial charge is 0.407 e. The van der Waals surface area contributed by atoms with E-state index < -0.39 is 12.1 Å². The Balaban J connectivity index is 1.26. The third-order valence-corrected chi connectivity index (χ3v) is 6.19. The van der Waals surface area contributed by atoms with Gasteiger partial charge in [-0.3, -0.25) is 9.59 Å². The lowest BCUT2D eigenvalue weighted by molar-refractivity contribution is -0.138. The molecule has 2 aromatic carbocycles. The molecule has 1 aliphatic carbocycles. The second kappa shape index (κ2) is 10.2. The number of fused-ring (bicyclic) bond motifs is 3. The summed E-state index contributed by atoms with van der Waals surface area (Å²) in [4.78, 5) is 36.9. The summed E-state index contributed by atoms with van der Waals surface area (Å²) >= 11 is 0. The number of carboxylic acid groups (broad SMARTS) is 1. The van der Waals surface area contributed by atoms with Crippen LogP contribution >= 0.6 is 0 Å². The number of hydrogen-bond donors (Lipinski definition) is 2. The van der Waals surface area contributed by atoms with E-state index in [0.717, 1.165) is 35.1 Å². The van der Waals surface area contributed by atoms with Crippen LogP contribution in [0.3, 0.4) is 0 Å². The summed E-state index contributed by atoms with van der Waals surface area (Å²) < 4.78 is 5.45. The van der Waals surface area contributed by atoms with E-state index in [0.29, 0.717) is 13.0 Å². The summed E-state index contributed by atoms with van der Waals surface area (Å²) in [6, 6.07) is 16.2. The van der Waals surface area contributed by atoms with Crippen LogP contribution in [0.15, 0.2) is 48.5 Å². The van der Waals surface area contributed by atoms with E-state index >= 15 is 0 Å². The van der Waals surface area contributed by atoms with Gasteiger partial charge in [-0.25, -0.2) is 4.79 Å². The number of likely N-dealkylation sites (tertiary alicyclic amines) is 1. The molecule has 7 nitrogen and oxygen atoms in total. The highest BCUT2D eigenvalue weighted by atomic mass is 16.5. The number of nitrogens with one attached hydrogen (secondary N) is 1. The van der Waals surface area contributed by atoms with Crippen molar-refractivity contribution in [2.24, 2.45) is 0 Å². The van der Waals surface area contributed by atoms with Gasteiger partial charge in [0.1, 0.15) is 6.61 Å². The number of alkyl carbamates (subject to hydrolysis) is 1. The van der Waals surface area contributed by atoms with Gasteiger partial charge in [0.2, 0.25) is 0 Å². The third kappa shape index (κ3) is 5.17. The standard InChI is InChI=1S/C26H26N2O5/c29-24(28-16-6-7-18(28)13-14-25(30)31)12-5-15-27-26(32)33-17-23-21-10-3-1-8-19(21)20-9-2-4-11-22(20)23/h1-4,8-11,18,23H,6-7,13-17H2,(H,27,32)(H,30,31). The average molecular weight is 447 g/mol. The van der Waals surface area contributed by atoms with Crippen LogP contribution in [0.4, 0.5) is 4.79 Å². The van der Waals surface area contributed by atoms with Crippen LogP contribution in [0.25, 0.3) is 11.1 Å². The van der Waals surface area contributed by atoms with Crippen LogP contribution in [0.1, 0.15) is 42.7 Å². The fourth-order valence-electron chi connectivity index (χ4n) is 4.65. The Bertz CT molecular complexity index is 1070. The Kier molecular flexibility index (Phi) is 6.94. The Labute approximate surface area is 192 Å². The minimum absolute atomic E-state index is 0.00392. The molecule has 33 heavy (non-hydrogen) atoms. The molecule has 1 atom stereocenters. The summed E-state index contributed by atoms with van der Waals surface area (Å²) in [5, 5.41) is 11.4. The molecule has 2 aliphatic rings. The van der Waals surface area contributed by atoms with Crippen molar-refractivity contribution in [2.45, 2.75) is 37.6 Å². The minimum atomic E-state index is -0.868. The molecule has 7 heteroatoms. The average Bonchev–Trinajstić information content (AvgIpc) is 3.42. The maximum atomic E-state index is 12.3. The maximum absolute atomic E-state index is 12.3. The molecule has 0 radical (unpaired) electrons. The number of ether oxygens (including phenoxy) is 1. The van der Waals surface area contributed by atoms with Crippen LogP contribution in [0.2, 0.25) is 0 Å². The van der Waals surface area contributed by atoms with Crippen molar-refractivity contribution in [2.75, 3.05) is 19.7 Å². The zero-order valence-electron chi connectivity index (χ0n) is 18.3. The summed E-state index contributed by atoms with van der Waals surface area (Å²) in [6.45, 7) is 0.791. The Morgan fingerprint density at radius 1 is 1.06 bits per heavy atom. The fraction of sp³-hybridized carbons (Fsp3) is 0.346. The zero-order valence-corrected chi connectivity index (χ0v) is 18.3. The van der Waals surface area contributed by atoms with E-state index in [9.17, 15) is 14.4 Å². The number of carbonyl (C=O) groups excluding carboxylic acids is 2. The van der Waals surface area contributed by atoms with Crippen molar-refractivity contribution in [3.63, 3.8) is 0 Å². The predicted molar refractivity (Wildman–Crippen MR) is 122 cm³/mol. The molecule has 0 bridgehead atoms. The fourth-order valence-corrected chi connectivity index (χ4v) is 4.65. The Hall–Kier alpha value is -3.79. The second-order valence-electron chi connectivity index (χ2n) is 8.21. The van der Waals surface area contributed by atoms with Gasteiger partial charge in [0.25, 0.3) is 5.91 Å². The summed E-state index contributed by atoms with van der Waals surface area (Å²) in [6.07, 6.45) is 1.51. The van der Waals surface area contributed by atoms with Crippen molar-refractivity contribution in [1.82, 2.24) is 10.2 Å². The highest BCUT2D eigenvalue weighted by molar-refractivity contribution is 5.94. The van der Waals surface area contributed by atoms with Crippen LogP contribution in [0, 0.1) is 11.8 Å². The monoisotopic (exact) mass is 446 g/mol. The van der Waals surface area contributed by atoms with Crippen molar-refractivity contribution in [3.8, 4) is 23.0 Å². The maximum Gasteiger partial charge on any atom is 0.407 e. The number of hydrogen-bond acceptors (Lipinski definition) is 4. The van der Waals surface area contributed by atoms with E-state index in [1.807, 2.05) is 24.3 Å². The van der Waals surface area contributed by atoms with Gasteiger partial charge in [-0.15, -0.1) is 0 Å². The first-order valence-electron chi connectivity index (χ1n) is 11.1. The first-order chi connectivity index (χ1) is 16.0. The molecule has 1 fully saturated rings. The summed E-state index contributed by atoms with van der Waals surface area (Å²) in [5.74, 6) is 3.98. The van der Waals surface area contributed by atoms with Gasteiger partial charge in [-0.1, -0.05) is 54.5 Å². The van der Waals surface area contributed by atoms with Crippen LogP contribution in [-0.4, -0.2) is 53.7 Å². The lowest BCUT2D eigenvalue weighted by Crippen LogP contribution is -2.35. The SMILES string of the molecule is O=C(O)CCC1CCCN1C(=O)C#CCNC(=O)OCC1c2ccccc2-c2ccccc21. The van der Waals surface area contributed by atoms with E-state index in [1.54, 1.807) is 4.90 Å². The van der Waals surface area contributed by atoms with Crippen molar-refractivity contribution >= 4 is 18.0 Å². The molecular weight excluding hydrogens is 420 g/mol. The molecule has 2 aromatic rings. The number of carboxylic acids is 1. The van der Waals surface area contributed by atoms with Crippen molar-refractivity contribution in [1.29, 1.82) is 0 Å². The van der Waals surface area contributed by atoms with E-state index in [1.165, 1.54) is 0 Å². The lowest BCUT2D eigenvalue weighted by atomic mass is 9.98. The van der Waals surface area contributed by atoms with Crippen molar-refractivity contribution in [3.05, 3.63) is 59.7 Å². The number of benzene rings is 2. The van der Waals surface area contributed by atoms with E-state index in [2.05, 4.69) is 41.4 Å². The molecular formula is C26H26N2O5. The molecule has 2 N–H and O–H groups in total. The quantitative estimate of drug-likeness (QED) is 0.664. The Morgan fingerprint density at radius 2 is 1.73 bits per heavy atom. The number of aliphatic carboxylic acids is 1. The lowest BCUT2D eigenvalue weighted by Gasteiger charge is -2.21. The van der Waals surface area contributed by atoms with Gasteiger partial charge in [0.15, 0.2) is 0 Å².